The van der Waals surface area contributed by atoms with E-state index in [0.29, 0.717) is 4.90 Å². The molecule has 136 valence electrons. The van der Waals surface area contributed by atoms with E-state index in [4.69, 9.17) is 4.42 Å². The van der Waals surface area contributed by atoms with Gasteiger partial charge in [-0.2, -0.15) is 0 Å². The minimum atomic E-state index is -3.56. The van der Waals surface area contributed by atoms with E-state index in [-0.39, 0.29) is 12.5 Å². The first-order chi connectivity index (χ1) is 12.6. The minimum absolute atomic E-state index is 0.127. The Morgan fingerprint density at radius 3 is 2.65 bits per heavy atom. The molecule has 1 aromatic carbocycles. The van der Waals surface area contributed by atoms with Gasteiger partial charge in [0, 0.05) is 11.4 Å². The van der Waals surface area contributed by atoms with Crippen molar-refractivity contribution >= 4 is 21.4 Å². The van der Waals surface area contributed by atoms with Crippen molar-refractivity contribution < 1.29 is 12.8 Å². The van der Waals surface area contributed by atoms with Crippen LogP contribution in [0.1, 0.15) is 40.5 Å². The molecule has 1 unspecified atom stereocenters. The third kappa shape index (κ3) is 3.63. The first-order valence-corrected chi connectivity index (χ1v) is 11.2. The summed E-state index contributed by atoms with van der Waals surface area (Å²) in [5.74, 6) is 0.637. The number of thiophene rings is 1. The third-order valence-electron chi connectivity index (χ3n) is 4.88. The van der Waals surface area contributed by atoms with Crippen molar-refractivity contribution in [3.8, 4) is 0 Å². The maximum absolute atomic E-state index is 12.8. The third-order valence-corrected chi connectivity index (χ3v) is 7.29. The molecule has 2 aromatic heterocycles. The molecule has 0 aliphatic heterocycles. The molecule has 6 heteroatoms. The molecule has 0 radical (unpaired) electrons. The molecule has 0 saturated carbocycles. The van der Waals surface area contributed by atoms with Crippen LogP contribution < -0.4 is 4.72 Å². The van der Waals surface area contributed by atoms with Crippen molar-refractivity contribution in [2.75, 3.05) is 6.54 Å². The molecular weight excluding hydrogens is 366 g/mol. The highest BCUT2D eigenvalue weighted by molar-refractivity contribution is 7.89. The van der Waals surface area contributed by atoms with Crippen LogP contribution in [-0.4, -0.2) is 15.0 Å². The number of hydrogen-bond donors (Lipinski definition) is 1. The lowest BCUT2D eigenvalue weighted by molar-refractivity contribution is 0.483. The standard InChI is InChI=1S/C20H21NO3S2/c22-26(23,17-10-9-15-5-1-2-6-16(15)13-17)21-14-18(19-7-3-11-24-19)20-8-4-12-25-20/h3-4,7-13,18,21H,1-2,5-6,14H2. The van der Waals surface area contributed by atoms with Gasteiger partial charge >= 0.3 is 0 Å². The highest BCUT2D eigenvalue weighted by atomic mass is 32.2. The lowest BCUT2D eigenvalue weighted by Crippen LogP contribution is -2.29. The average Bonchev–Trinajstić information content (AvgIpc) is 3.36. The van der Waals surface area contributed by atoms with E-state index in [1.165, 1.54) is 17.5 Å². The SMILES string of the molecule is O=S(=O)(NCC(c1ccco1)c1cccs1)c1ccc2c(c1)CCCC2. The lowest BCUT2D eigenvalue weighted by atomic mass is 9.92. The summed E-state index contributed by atoms with van der Waals surface area (Å²) in [4.78, 5) is 1.43. The molecule has 4 nitrogen and oxygen atoms in total. The second kappa shape index (κ2) is 7.39. The smallest absolute Gasteiger partial charge is 0.240 e. The molecule has 2 heterocycles. The van der Waals surface area contributed by atoms with Crippen LogP contribution in [0.3, 0.4) is 0 Å². The summed E-state index contributed by atoms with van der Waals surface area (Å²) in [5, 5.41) is 1.99. The summed E-state index contributed by atoms with van der Waals surface area (Å²) in [6, 6.07) is 13.2. The van der Waals surface area contributed by atoms with Gasteiger partial charge in [0.15, 0.2) is 0 Å². The van der Waals surface area contributed by atoms with Crippen molar-refractivity contribution in [3.05, 3.63) is 75.9 Å². The Kier molecular flexibility index (Phi) is 4.98. The largest absolute Gasteiger partial charge is 0.469 e. The number of hydrogen-bond acceptors (Lipinski definition) is 4. The van der Waals surface area contributed by atoms with Gasteiger partial charge in [0.2, 0.25) is 10.0 Å². The Morgan fingerprint density at radius 2 is 1.92 bits per heavy atom. The van der Waals surface area contributed by atoms with Gasteiger partial charge in [-0.05, 0) is 72.5 Å². The first-order valence-electron chi connectivity index (χ1n) is 8.82. The molecular formula is C20H21NO3S2. The fourth-order valence-electron chi connectivity index (χ4n) is 3.47. The fraction of sp³-hybridized carbons (Fsp3) is 0.300. The van der Waals surface area contributed by atoms with Crippen LogP contribution in [0.4, 0.5) is 0 Å². The normalized spacial score (nSPS) is 15.5. The van der Waals surface area contributed by atoms with Gasteiger partial charge in [-0.25, -0.2) is 13.1 Å². The Morgan fingerprint density at radius 1 is 1.08 bits per heavy atom. The Hall–Kier alpha value is -1.89. The molecule has 3 aromatic rings. The minimum Gasteiger partial charge on any atom is -0.469 e. The maximum atomic E-state index is 12.8. The van der Waals surface area contributed by atoms with Crippen LogP contribution in [0.25, 0.3) is 0 Å². The van der Waals surface area contributed by atoms with E-state index >= 15 is 0 Å². The van der Waals surface area contributed by atoms with Gasteiger partial charge in [-0.3, -0.25) is 0 Å². The van der Waals surface area contributed by atoms with Crippen molar-refractivity contribution in [1.29, 1.82) is 0 Å². The van der Waals surface area contributed by atoms with Crippen molar-refractivity contribution in [2.24, 2.45) is 0 Å². The summed E-state index contributed by atoms with van der Waals surface area (Å²) in [6.07, 6.45) is 5.94. The highest BCUT2D eigenvalue weighted by Gasteiger charge is 2.23. The van der Waals surface area contributed by atoms with Crippen LogP contribution in [-0.2, 0) is 22.9 Å². The van der Waals surface area contributed by atoms with E-state index < -0.39 is 10.0 Å². The monoisotopic (exact) mass is 387 g/mol. The van der Waals surface area contributed by atoms with Crippen molar-refractivity contribution in [2.45, 2.75) is 36.5 Å². The predicted octanol–water partition coefficient (Wildman–Crippen LogP) is 4.33. The summed E-state index contributed by atoms with van der Waals surface area (Å²) < 4.78 is 34.0. The first kappa shape index (κ1) is 17.5. The number of fused-ring (bicyclic) bond motifs is 1. The van der Waals surface area contributed by atoms with E-state index in [2.05, 4.69) is 4.72 Å². The molecule has 26 heavy (non-hydrogen) atoms. The molecule has 0 saturated heterocycles. The van der Waals surface area contributed by atoms with Gasteiger partial charge in [0.25, 0.3) is 0 Å². The van der Waals surface area contributed by atoms with Crippen molar-refractivity contribution in [3.63, 3.8) is 0 Å². The van der Waals surface area contributed by atoms with Crippen LogP contribution in [0.15, 0.2) is 63.4 Å². The summed E-state index contributed by atoms with van der Waals surface area (Å²) in [7, 11) is -3.56. The zero-order chi connectivity index (χ0) is 18.0. The zero-order valence-electron chi connectivity index (χ0n) is 14.4. The summed E-state index contributed by atoms with van der Waals surface area (Å²) in [6.45, 7) is 0.271. The summed E-state index contributed by atoms with van der Waals surface area (Å²) >= 11 is 1.60. The molecule has 1 atom stereocenters. The van der Waals surface area contributed by atoms with Gasteiger partial charge < -0.3 is 4.42 Å². The Labute approximate surface area is 157 Å². The number of aryl methyl sites for hydroxylation is 2. The Balaban J connectivity index is 1.55. The number of benzene rings is 1. The number of sulfonamides is 1. The molecule has 0 amide bonds. The topological polar surface area (TPSA) is 59.3 Å². The molecule has 0 bridgehead atoms. The second-order valence-electron chi connectivity index (χ2n) is 6.57. The molecule has 4 rings (SSSR count). The van der Waals surface area contributed by atoms with E-state index in [0.717, 1.165) is 29.9 Å². The average molecular weight is 388 g/mol. The lowest BCUT2D eigenvalue weighted by Gasteiger charge is -2.18. The van der Waals surface area contributed by atoms with Gasteiger partial charge in [0.05, 0.1) is 17.1 Å². The van der Waals surface area contributed by atoms with Crippen LogP contribution >= 0.6 is 11.3 Å². The maximum Gasteiger partial charge on any atom is 0.240 e. The molecule has 1 N–H and O–H groups in total. The van der Waals surface area contributed by atoms with E-state index in [9.17, 15) is 8.42 Å². The number of nitrogens with one attached hydrogen (secondary N) is 1. The fourth-order valence-corrected chi connectivity index (χ4v) is 5.41. The van der Waals surface area contributed by atoms with E-state index in [1.807, 2.05) is 41.8 Å². The molecule has 1 aliphatic carbocycles. The van der Waals surface area contributed by atoms with Gasteiger partial charge in [0.1, 0.15) is 5.76 Å². The number of rotatable bonds is 6. The van der Waals surface area contributed by atoms with Gasteiger partial charge in [-0.1, -0.05) is 12.1 Å². The van der Waals surface area contributed by atoms with Gasteiger partial charge in [-0.15, -0.1) is 11.3 Å². The predicted molar refractivity (Wildman–Crippen MR) is 103 cm³/mol. The van der Waals surface area contributed by atoms with E-state index in [1.54, 1.807) is 23.7 Å². The quantitative estimate of drug-likeness (QED) is 0.685. The second-order valence-corrected chi connectivity index (χ2v) is 9.32. The number of furan rings is 1. The molecule has 1 aliphatic rings. The van der Waals surface area contributed by atoms with Crippen LogP contribution in [0, 0.1) is 0 Å². The zero-order valence-corrected chi connectivity index (χ0v) is 16.0. The highest BCUT2D eigenvalue weighted by Crippen LogP contribution is 2.29. The molecule has 0 spiro atoms. The summed E-state index contributed by atoms with van der Waals surface area (Å²) in [5.41, 5.74) is 2.45. The Bertz CT molecular complexity index is 926. The van der Waals surface area contributed by atoms with Crippen LogP contribution in [0.2, 0.25) is 0 Å². The van der Waals surface area contributed by atoms with Crippen molar-refractivity contribution in [1.82, 2.24) is 4.72 Å². The molecule has 0 fully saturated rings. The van der Waals surface area contributed by atoms with Crippen LogP contribution in [0.5, 0.6) is 0 Å².